The first-order valence-corrected chi connectivity index (χ1v) is 4.47. The molecule has 0 atom stereocenters. The van der Waals surface area contributed by atoms with Crippen LogP contribution in [0.15, 0.2) is 9.27 Å². The first kappa shape index (κ1) is 9.93. The average Bonchev–Trinajstić information content (AvgIpc) is 2.09. The molecule has 0 N–H and O–H groups in total. The van der Waals surface area contributed by atoms with Crippen LogP contribution in [0.25, 0.3) is 0 Å². The molecule has 0 amide bonds. The maximum Gasteiger partial charge on any atom is 0.348 e. The normalized spacial score (nSPS) is 9.69. The Balaban J connectivity index is 3.46. The summed E-state index contributed by atoms with van der Waals surface area (Å²) in [7, 11) is 0. The zero-order valence-electron chi connectivity index (χ0n) is 7.33. The molecule has 1 aromatic heterocycles. The van der Waals surface area contributed by atoms with Crippen molar-refractivity contribution in [2.75, 3.05) is 0 Å². The van der Waals surface area contributed by atoms with Crippen LogP contribution in [0.2, 0.25) is 0 Å². The van der Waals surface area contributed by atoms with Crippen molar-refractivity contribution in [3.63, 3.8) is 0 Å². The van der Waals surface area contributed by atoms with Crippen molar-refractivity contribution in [1.82, 2.24) is 9.55 Å². The second-order valence-electron chi connectivity index (χ2n) is 2.62. The Labute approximate surface area is 84.0 Å². The smallest absolute Gasteiger partial charge is 0.282 e. The molecule has 0 aromatic carbocycles. The molecular formula is C8H8BrN3O. The van der Waals surface area contributed by atoms with E-state index in [2.05, 4.69) is 20.9 Å². The highest BCUT2D eigenvalue weighted by Gasteiger charge is 2.07. The van der Waals surface area contributed by atoms with E-state index in [0.29, 0.717) is 5.69 Å². The lowest BCUT2D eigenvalue weighted by Gasteiger charge is -2.07. The molecule has 0 saturated heterocycles. The number of nitrogens with zero attached hydrogens (tertiary/aromatic N) is 3. The van der Waals surface area contributed by atoms with Gasteiger partial charge in [0.15, 0.2) is 0 Å². The van der Waals surface area contributed by atoms with Crippen LogP contribution >= 0.6 is 15.9 Å². The average molecular weight is 242 g/mol. The molecule has 5 heteroatoms. The molecule has 0 saturated carbocycles. The molecule has 0 fully saturated rings. The first-order chi connectivity index (χ1) is 6.07. The molecule has 13 heavy (non-hydrogen) atoms. The third-order valence-electron chi connectivity index (χ3n) is 1.76. The van der Waals surface area contributed by atoms with E-state index in [1.807, 2.05) is 6.07 Å². The van der Waals surface area contributed by atoms with Gasteiger partial charge in [-0.1, -0.05) is 0 Å². The molecule has 0 aliphatic rings. The van der Waals surface area contributed by atoms with Gasteiger partial charge in [0.25, 0.3) is 0 Å². The maximum absolute atomic E-state index is 11.3. The topological polar surface area (TPSA) is 58.7 Å². The van der Waals surface area contributed by atoms with Gasteiger partial charge in [-0.25, -0.2) is 4.79 Å². The summed E-state index contributed by atoms with van der Waals surface area (Å²) in [6.45, 7) is 3.56. The monoisotopic (exact) mass is 241 g/mol. The van der Waals surface area contributed by atoms with Gasteiger partial charge >= 0.3 is 5.69 Å². The fraction of sp³-hybridized carbons (Fsp3) is 0.375. The Morgan fingerprint density at radius 3 is 2.77 bits per heavy atom. The van der Waals surface area contributed by atoms with E-state index in [1.165, 1.54) is 4.57 Å². The third kappa shape index (κ3) is 1.78. The van der Waals surface area contributed by atoms with E-state index in [9.17, 15) is 4.79 Å². The van der Waals surface area contributed by atoms with Gasteiger partial charge in [-0.15, -0.1) is 0 Å². The molecule has 0 spiro atoms. The zero-order chi connectivity index (χ0) is 10.0. The van der Waals surface area contributed by atoms with Gasteiger partial charge in [0.1, 0.15) is 6.54 Å². The molecule has 0 unspecified atom stereocenters. The van der Waals surface area contributed by atoms with Crippen molar-refractivity contribution in [2.24, 2.45) is 0 Å². The van der Waals surface area contributed by atoms with Crippen molar-refractivity contribution >= 4 is 15.9 Å². The Kier molecular flexibility index (Phi) is 2.83. The number of halogens is 1. The Morgan fingerprint density at radius 2 is 2.23 bits per heavy atom. The maximum atomic E-state index is 11.3. The molecule has 0 aliphatic heterocycles. The Hall–Kier alpha value is -1.15. The summed E-state index contributed by atoms with van der Waals surface area (Å²) in [6, 6.07) is 1.91. The summed E-state index contributed by atoms with van der Waals surface area (Å²) in [5.41, 5.74) is 1.01. The minimum atomic E-state index is -0.375. The van der Waals surface area contributed by atoms with Crippen LogP contribution in [0.5, 0.6) is 0 Å². The summed E-state index contributed by atoms with van der Waals surface area (Å²) < 4.78 is 2.11. The lowest BCUT2D eigenvalue weighted by atomic mass is 10.3. The van der Waals surface area contributed by atoms with Gasteiger partial charge in [0.05, 0.1) is 16.2 Å². The van der Waals surface area contributed by atoms with E-state index in [1.54, 1.807) is 13.8 Å². The van der Waals surface area contributed by atoms with E-state index in [4.69, 9.17) is 5.26 Å². The quantitative estimate of drug-likeness (QED) is 0.742. The predicted octanol–water partition coefficient (Wildman–Crippen LogP) is 1.15. The summed E-state index contributed by atoms with van der Waals surface area (Å²) in [6.07, 6.45) is 0. The fourth-order valence-corrected chi connectivity index (χ4v) is 1.34. The SMILES string of the molecule is Cc1nc(=O)n(CC#N)c(C)c1Br. The van der Waals surface area contributed by atoms with Gasteiger partial charge in [-0.2, -0.15) is 10.2 Å². The van der Waals surface area contributed by atoms with Gasteiger partial charge in [0.2, 0.25) is 0 Å². The second kappa shape index (κ2) is 3.71. The van der Waals surface area contributed by atoms with Crippen LogP contribution in [0.1, 0.15) is 11.4 Å². The number of nitriles is 1. The second-order valence-corrected chi connectivity index (χ2v) is 3.42. The van der Waals surface area contributed by atoms with E-state index < -0.39 is 0 Å². The highest BCUT2D eigenvalue weighted by molar-refractivity contribution is 9.10. The van der Waals surface area contributed by atoms with Crippen LogP contribution in [-0.2, 0) is 6.54 Å². The number of hydrogen-bond donors (Lipinski definition) is 0. The molecule has 68 valence electrons. The van der Waals surface area contributed by atoms with Crippen molar-refractivity contribution < 1.29 is 0 Å². The highest BCUT2D eigenvalue weighted by atomic mass is 79.9. The van der Waals surface area contributed by atoms with Crippen molar-refractivity contribution in [2.45, 2.75) is 20.4 Å². The molecule has 0 bridgehead atoms. The van der Waals surface area contributed by atoms with Crippen molar-refractivity contribution in [3.05, 3.63) is 26.3 Å². The standard InChI is InChI=1S/C8H8BrN3O/c1-5-7(9)6(2)12(4-3-10)8(13)11-5/h4H2,1-2H3. The van der Waals surface area contributed by atoms with Crippen molar-refractivity contribution in [1.29, 1.82) is 5.26 Å². The molecule has 0 aliphatic carbocycles. The first-order valence-electron chi connectivity index (χ1n) is 3.68. The number of hydrogen-bond acceptors (Lipinski definition) is 3. The summed E-state index contributed by atoms with van der Waals surface area (Å²) >= 11 is 3.30. The van der Waals surface area contributed by atoms with Crippen LogP contribution < -0.4 is 5.69 Å². The Morgan fingerprint density at radius 1 is 1.62 bits per heavy atom. The fourth-order valence-electron chi connectivity index (χ4n) is 1.03. The summed E-state index contributed by atoms with van der Waals surface area (Å²) in [4.78, 5) is 15.0. The van der Waals surface area contributed by atoms with E-state index in [-0.39, 0.29) is 12.2 Å². The molecule has 1 rings (SSSR count). The van der Waals surface area contributed by atoms with Gasteiger partial charge in [0, 0.05) is 5.69 Å². The van der Waals surface area contributed by atoms with Crippen LogP contribution in [-0.4, -0.2) is 9.55 Å². The number of rotatable bonds is 1. The van der Waals surface area contributed by atoms with Gasteiger partial charge in [-0.05, 0) is 29.8 Å². The molecule has 1 heterocycles. The zero-order valence-corrected chi connectivity index (χ0v) is 8.92. The summed E-state index contributed by atoms with van der Waals surface area (Å²) in [5, 5.41) is 8.48. The number of aryl methyl sites for hydroxylation is 1. The summed E-state index contributed by atoms with van der Waals surface area (Å²) in [5.74, 6) is 0. The van der Waals surface area contributed by atoms with Crippen molar-refractivity contribution in [3.8, 4) is 6.07 Å². The minimum Gasteiger partial charge on any atom is -0.282 e. The lowest BCUT2D eigenvalue weighted by molar-refractivity contribution is 0.709. The lowest BCUT2D eigenvalue weighted by Crippen LogP contribution is -2.26. The molecule has 1 aromatic rings. The van der Waals surface area contributed by atoms with E-state index >= 15 is 0 Å². The Bertz CT molecular complexity index is 430. The van der Waals surface area contributed by atoms with Crippen LogP contribution in [0.3, 0.4) is 0 Å². The predicted molar refractivity (Wildman–Crippen MR) is 51.3 cm³/mol. The van der Waals surface area contributed by atoms with Gasteiger partial charge < -0.3 is 0 Å². The van der Waals surface area contributed by atoms with E-state index in [0.717, 1.165) is 10.2 Å². The third-order valence-corrected chi connectivity index (χ3v) is 2.91. The largest absolute Gasteiger partial charge is 0.348 e. The number of aromatic nitrogens is 2. The molecule has 0 radical (unpaired) electrons. The molecule has 4 nitrogen and oxygen atoms in total. The van der Waals surface area contributed by atoms with Crippen LogP contribution in [0.4, 0.5) is 0 Å². The molecular weight excluding hydrogens is 234 g/mol. The highest BCUT2D eigenvalue weighted by Crippen LogP contribution is 2.16. The minimum absolute atomic E-state index is 0.0382. The van der Waals surface area contributed by atoms with Crippen LogP contribution in [0, 0.1) is 25.2 Å². The van der Waals surface area contributed by atoms with Gasteiger partial charge in [-0.3, -0.25) is 4.57 Å².